The first kappa shape index (κ1) is 14.7. The zero-order valence-electron chi connectivity index (χ0n) is 12.3. The van der Waals surface area contributed by atoms with Gasteiger partial charge in [-0.05, 0) is 44.6 Å². The molecule has 1 aliphatic heterocycles. The van der Waals surface area contributed by atoms with E-state index in [0.29, 0.717) is 5.69 Å². The summed E-state index contributed by atoms with van der Waals surface area (Å²) in [5.74, 6) is 0. The summed E-state index contributed by atoms with van der Waals surface area (Å²) in [6, 6.07) is 7.53. The maximum Gasteiger partial charge on any atom is 0.322 e. The smallest absolute Gasteiger partial charge is 0.322 e. The van der Waals surface area contributed by atoms with E-state index in [2.05, 4.69) is 24.2 Å². The Hall–Kier alpha value is -1.75. The molecule has 5 heteroatoms. The number of hydrogen-bond donors (Lipinski definition) is 2. The van der Waals surface area contributed by atoms with Gasteiger partial charge in [-0.25, -0.2) is 4.79 Å². The van der Waals surface area contributed by atoms with Crippen LogP contribution < -0.4 is 11.1 Å². The first-order valence-electron chi connectivity index (χ1n) is 7.22. The van der Waals surface area contributed by atoms with E-state index in [0.717, 1.165) is 38.2 Å². The third-order valence-electron chi connectivity index (χ3n) is 3.77. The summed E-state index contributed by atoms with van der Waals surface area (Å²) >= 11 is 0. The van der Waals surface area contributed by atoms with E-state index in [1.807, 2.05) is 23.1 Å². The third-order valence-corrected chi connectivity index (χ3v) is 3.77. The van der Waals surface area contributed by atoms with Crippen molar-refractivity contribution in [2.24, 2.45) is 0 Å². The van der Waals surface area contributed by atoms with Crippen LogP contribution in [-0.4, -0.2) is 48.6 Å². The molecule has 20 heavy (non-hydrogen) atoms. The van der Waals surface area contributed by atoms with Crippen LogP contribution in [0.25, 0.3) is 0 Å². The van der Waals surface area contributed by atoms with Crippen LogP contribution in [-0.2, 0) is 0 Å². The molecule has 5 nitrogen and oxygen atoms in total. The SMILES string of the molecule is CCC1CN(C)CCCN1C(=O)Nc1cccc(N)c1. The summed E-state index contributed by atoms with van der Waals surface area (Å²) in [5, 5.41) is 2.95. The Morgan fingerprint density at radius 3 is 2.95 bits per heavy atom. The number of nitrogens with one attached hydrogen (secondary N) is 1. The Balaban J connectivity index is 2.06. The van der Waals surface area contributed by atoms with Crippen LogP contribution in [0.15, 0.2) is 24.3 Å². The zero-order valence-corrected chi connectivity index (χ0v) is 12.3. The summed E-state index contributed by atoms with van der Waals surface area (Å²) in [4.78, 5) is 16.7. The van der Waals surface area contributed by atoms with Gasteiger partial charge >= 0.3 is 6.03 Å². The number of urea groups is 1. The van der Waals surface area contributed by atoms with Crippen LogP contribution in [0.2, 0.25) is 0 Å². The minimum absolute atomic E-state index is 0.0299. The lowest BCUT2D eigenvalue weighted by Gasteiger charge is -2.30. The fraction of sp³-hybridized carbons (Fsp3) is 0.533. The average Bonchev–Trinajstić information content (AvgIpc) is 2.60. The molecule has 2 amide bonds. The van der Waals surface area contributed by atoms with Gasteiger partial charge in [-0.2, -0.15) is 0 Å². The maximum atomic E-state index is 12.5. The standard InChI is InChI=1S/C15H24N4O/c1-3-14-11-18(2)8-5-9-19(14)15(20)17-13-7-4-6-12(16)10-13/h4,6-7,10,14H,3,5,8-9,11,16H2,1-2H3,(H,17,20). The number of rotatable bonds is 2. The van der Waals surface area contributed by atoms with E-state index in [1.165, 1.54) is 0 Å². The van der Waals surface area contributed by atoms with Gasteiger partial charge in [-0.1, -0.05) is 13.0 Å². The predicted octanol–water partition coefficient (Wildman–Crippen LogP) is 2.22. The number of likely N-dealkylation sites (N-methyl/N-ethyl adjacent to an activating group) is 1. The maximum absolute atomic E-state index is 12.5. The average molecular weight is 276 g/mol. The van der Waals surface area contributed by atoms with Crippen LogP contribution in [0.3, 0.4) is 0 Å². The van der Waals surface area contributed by atoms with Crippen molar-refractivity contribution >= 4 is 17.4 Å². The van der Waals surface area contributed by atoms with E-state index in [4.69, 9.17) is 5.73 Å². The minimum atomic E-state index is -0.0299. The highest BCUT2D eigenvalue weighted by Crippen LogP contribution is 2.16. The lowest BCUT2D eigenvalue weighted by Crippen LogP contribution is -2.45. The van der Waals surface area contributed by atoms with Gasteiger partial charge in [0.2, 0.25) is 0 Å². The molecule has 0 aliphatic carbocycles. The van der Waals surface area contributed by atoms with E-state index in [-0.39, 0.29) is 12.1 Å². The molecule has 110 valence electrons. The van der Waals surface area contributed by atoms with Gasteiger partial charge in [0.05, 0.1) is 0 Å². The number of nitrogens with two attached hydrogens (primary N) is 1. The van der Waals surface area contributed by atoms with E-state index >= 15 is 0 Å². The Labute approximate surface area is 120 Å². The summed E-state index contributed by atoms with van der Waals surface area (Å²) in [6.07, 6.45) is 1.98. The van der Waals surface area contributed by atoms with Gasteiger partial charge < -0.3 is 20.9 Å². The summed E-state index contributed by atoms with van der Waals surface area (Å²) in [5.41, 5.74) is 7.15. The molecule has 0 aromatic heterocycles. The molecule has 1 saturated heterocycles. The van der Waals surface area contributed by atoms with E-state index in [9.17, 15) is 4.79 Å². The largest absolute Gasteiger partial charge is 0.399 e. The lowest BCUT2D eigenvalue weighted by atomic mass is 10.2. The summed E-state index contributed by atoms with van der Waals surface area (Å²) in [7, 11) is 2.11. The van der Waals surface area contributed by atoms with Crippen LogP contribution in [0.5, 0.6) is 0 Å². The third kappa shape index (κ3) is 3.63. The Kier molecular flexibility index (Phi) is 4.84. The number of anilines is 2. The molecule has 1 aromatic carbocycles. The van der Waals surface area contributed by atoms with Gasteiger partial charge in [-0.15, -0.1) is 0 Å². The molecular weight excluding hydrogens is 252 g/mol. The fourth-order valence-corrected chi connectivity index (χ4v) is 2.67. The highest BCUT2D eigenvalue weighted by molar-refractivity contribution is 5.90. The molecule has 1 aliphatic rings. The topological polar surface area (TPSA) is 61.6 Å². The Morgan fingerprint density at radius 1 is 1.45 bits per heavy atom. The zero-order chi connectivity index (χ0) is 14.5. The van der Waals surface area contributed by atoms with Gasteiger partial charge in [0.1, 0.15) is 0 Å². The van der Waals surface area contributed by atoms with Gasteiger partial charge in [0.15, 0.2) is 0 Å². The number of hydrogen-bond acceptors (Lipinski definition) is 3. The van der Waals surface area contributed by atoms with Gasteiger partial charge in [0.25, 0.3) is 0 Å². The van der Waals surface area contributed by atoms with Crippen molar-refractivity contribution in [3.63, 3.8) is 0 Å². The number of nitrogen functional groups attached to an aromatic ring is 1. The molecule has 1 aromatic rings. The van der Waals surface area contributed by atoms with Gasteiger partial charge in [0, 0.05) is 30.5 Å². The predicted molar refractivity (Wildman–Crippen MR) is 82.8 cm³/mol. The van der Waals surface area contributed by atoms with Crippen LogP contribution in [0.4, 0.5) is 16.2 Å². The van der Waals surface area contributed by atoms with Gasteiger partial charge in [-0.3, -0.25) is 0 Å². The quantitative estimate of drug-likeness (QED) is 0.814. The first-order chi connectivity index (χ1) is 9.60. The number of nitrogens with zero attached hydrogens (tertiary/aromatic N) is 2. The lowest BCUT2D eigenvalue weighted by molar-refractivity contribution is 0.182. The van der Waals surface area contributed by atoms with Crippen LogP contribution in [0, 0.1) is 0 Å². The van der Waals surface area contributed by atoms with Crippen molar-refractivity contribution in [2.45, 2.75) is 25.8 Å². The number of carbonyl (C=O) groups is 1. The molecule has 1 unspecified atom stereocenters. The molecule has 0 radical (unpaired) electrons. The molecule has 0 saturated carbocycles. The van der Waals surface area contributed by atoms with Crippen LogP contribution >= 0.6 is 0 Å². The molecule has 2 rings (SSSR count). The number of amides is 2. The van der Waals surface area contributed by atoms with Crippen molar-refractivity contribution in [3.05, 3.63) is 24.3 Å². The molecule has 0 bridgehead atoms. The number of carbonyl (C=O) groups excluding carboxylic acids is 1. The highest BCUT2D eigenvalue weighted by Gasteiger charge is 2.25. The first-order valence-corrected chi connectivity index (χ1v) is 7.22. The van der Waals surface area contributed by atoms with E-state index in [1.54, 1.807) is 6.07 Å². The van der Waals surface area contributed by atoms with Crippen molar-refractivity contribution in [1.82, 2.24) is 9.80 Å². The second-order valence-electron chi connectivity index (χ2n) is 5.43. The molecule has 1 atom stereocenters. The molecule has 3 N–H and O–H groups in total. The van der Waals surface area contributed by atoms with Crippen molar-refractivity contribution in [3.8, 4) is 0 Å². The second kappa shape index (κ2) is 6.61. The van der Waals surface area contributed by atoms with Crippen molar-refractivity contribution in [2.75, 3.05) is 37.7 Å². The minimum Gasteiger partial charge on any atom is -0.399 e. The fourth-order valence-electron chi connectivity index (χ4n) is 2.67. The summed E-state index contributed by atoms with van der Waals surface area (Å²) in [6.45, 7) is 4.90. The highest BCUT2D eigenvalue weighted by atomic mass is 16.2. The van der Waals surface area contributed by atoms with Crippen molar-refractivity contribution < 1.29 is 4.79 Å². The molecular formula is C15H24N4O. The normalized spacial score (nSPS) is 20.5. The molecule has 1 heterocycles. The number of benzene rings is 1. The molecule has 0 spiro atoms. The van der Waals surface area contributed by atoms with Crippen molar-refractivity contribution in [1.29, 1.82) is 0 Å². The monoisotopic (exact) mass is 276 g/mol. The van der Waals surface area contributed by atoms with Crippen LogP contribution in [0.1, 0.15) is 19.8 Å². The molecule has 1 fully saturated rings. The van der Waals surface area contributed by atoms with E-state index < -0.39 is 0 Å². The second-order valence-corrected chi connectivity index (χ2v) is 5.43. The Morgan fingerprint density at radius 2 is 2.25 bits per heavy atom. The summed E-state index contributed by atoms with van der Waals surface area (Å²) < 4.78 is 0. The Bertz CT molecular complexity index is 463.